The molecule has 2 fully saturated rings. The van der Waals surface area contributed by atoms with Crippen molar-refractivity contribution in [2.24, 2.45) is 0 Å². The number of aromatic nitrogens is 2. The van der Waals surface area contributed by atoms with E-state index in [1.807, 2.05) is 76.2 Å². The van der Waals surface area contributed by atoms with Crippen molar-refractivity contribution >= 4 is 17.4 Å². The van der Waals surface area contributed by atoms with Gasteiger partial charge in [-0.25, -0.2) is 0 Å². The van der Waals surface area contributed by atoms with Gasteiger partial charge in [-0.2, -0.15) is 0 Å². The van der Waals surface area contributed by atoms with Crippen molar-refractivity contribution in [3.63, 3.8) is 0 Å². The first-order valence-electron chi connectivity index (χ1n) is 17.0. The molecule has 2 aromatic carbocycles. The van der Waals surface area contributed by atoms with Crippen molar-refractivity contribution in [2.45, 2.75) is 96.8 Å². The number of hydrogen-bond acceptors (Lipinski definition) is 7. The Morgan fingerprint density at radius 3 is 2.08 bits per heavy atom. The normalized spacial score (nSPS) is 15.6. The zero-order valence-electron chi connectivity index (χ0n) is 28.4. The van der Waals surface area contributed by atoms with Gasteiger partial charge in [0.05, 0.1) is 11.2 Å². The van der Waals surface area contributed by atoms with Crippen LogP contribution in [0.4, 0.5) is 5.69 Å². The molecule has 4 aromatic rings. The molecule has 2 heterocycles. The number of carbonyl (C=O) groups excluding carboxylic acids is 2. The van der Waals surface area contributed by atoms with Crippen LogP contribution in [0.1, 0.15) is 98.4 Å². The van der Waals surface area contributed by atoms with Gasteiger partial charge in [0, 0.05) is 37.6 Å². The molecule has 48 heavy (non-hydrogen) atoms. The van der Waals surface area contributed by atoms with Crippen molar-refractivity contribution in [3.8, 4) is 11.1 Å². The molecule has 8 nitrogen and oxygen atoms in total. The van der Waals surface area contributed by atoms with Gasteiger partial charge in [0.25, 0.3) is 5.91 Å². The van der Waals surface area contributed by atoms with Gasteiger partial charge in [-0.05, 0) is 141 Å². The summed E-state index contributed by atoms with van der Waals surface area (Å²) >= 11 is 0. The van der Waals surface area contributed by atoms with Crippen molar-refractivity contribution in [1.29, 1.82) is 0 Å². The summed E-state index contributed by atoms with van der Waals surface area (Å²) in [7, 11) is 0. The van der Waals surface area contributed by atoms with Crippen LogP contribution in [0.5, 0.6) is 0 Å². The second kappa shape index (κ2) is 13.7. The van der Waals surface area contributed by atoms with Crippen LogP contribution in [0, 0.1) is 27.7 Å². The van der Waals surface area contributed by atoms with E-state index in [-0.39, 0.29) is 18.1 Å². The average molecular weight is 647 g/mol. The molecule has 250 valence electrons. The van der Waals surface area contributed by atoms with E-state index in [0.717, 1.165) is 95.0 Å². The fourth-order valence-electron chi connectivity index (χ4n) is 6.32. The van der Waals surface area contributed by atoms with E-state index >= 15 is 0 Å². The van der Waals surface area contributed by atoms with Gasteiger partial charge in [-0.1, -0.05) is 30.3 Å². The second-order valence-electron chi connectivity index (χ2n) is 14.0. The number of aliphatic hydroxyl groups is 2. The number of amides is 1. The first-order valence-corrected chi connectivity index (χ1v) is 17.0. The van der Waals surface area contributed by atoms with Crippen LogP contribution in [-0.4, -0.2) is 49.6 Å². The van der Waals surface area contributed by atoms with Gasteiger partial charge >= 0.3 is 0 Å². The lowest BCUT2D eigenvalue weighted by Crippen LogP contribution is -2.28. The number of carbonyl (C=O) groups is 2. The Morgan fingerprint density at radius 2 is 1.40 bits per heavy atom. The van der Waals surface area contributed by atoms with E-state index in [1.54, 1.807) is 12.4 Å². The smallest absolute Gasteiger partial charge is 0.274 e. The Balaban J connectivity index is 1.12. The molecule has 0 radical (unpaired) electrons. The highest BCUT2D eigenvalue weighted by molar-refractivity contribution is 6.04. The lowest BCUT2D eigenvalue weighted by atomic mass is 9.91. The zero-order valence-corrected chi connectivity index (χ0v) is 28.4. The van der Waals surface area contributed by atoms with E-state index in [1.165, 1.54) is 0 Å². The summed E-state index contributed by atoms with van der Waals surface area (Å²) in [6.45, 7) is 9.17. The van der Waals surface area contributed by atoms with Crippen LogP contribution in [0.2, 0.25) is 0 Å². The van der Waals surface area contributed by atoms with Crippen LogP contribution in [0.3, 0.4) is 0 Å². The maximum absolute atomic E-state index is 13.4. The number of nitrogens with one attached hydrogen (secondary N) is 2. The minimum Gasteiger partial charge on any atom is -0.390 e. The number of aryl methyl sites for hydroxylation is 3. The van der Waals surface area contributed by atoms with Gasteiger partial charge in [-0.15, -0.1) is 0 Å². The molecule has 0 unspecified atom stereocenters. The van der Waals surface area contributed by atoms with Gasteiger partial charge in [0.1, 0.15) is 11.4 Å². The third-order valence-electron chi connectivity index (χ3n) is 10.1. The molecule has 2 aliphatic rings. The highest BCUT2D eigenvalue weighted by Crippen LogP contribution is 2.39. The summed E-state index contributed by atoms with van der Waals surface area (Å²) in [5.41, 5.74) is 9.50. The van der Waals surface area contributed by atoms with Crippen molar-refractivity contribution in [1.82, 2.24) is 15.3 Å². The monoisotopic (exact) mass is 646 g/mol. The lowest BCUT2D eigenvalue weighted by Gasteiger charge is -2.17. The second-order valence-corrected chi connectivity index (χ2v) is 14.0. The Labute approximate surface area is 283 Å². The van der Waals surface area contributed by atoms with Crippen molar-refractivity contribution in [3.05, 3.63) is 111 Å². The molecule has 0 saturated heterocycles. The van der Waals surface area contributed by atoms with Crippen LogP contribution < -0.4 is 10.6 Å². The third-order valence-corrected chi connectivity index (χ3v) is 10.1. The van der Waals surface area contributed by atoms with Crippen LogP contribution in [-0.2, 0) is 19.4 Å². The van der Waals surface area contributed by atoms with Gasteiger partial charge < -0.3 is 20.8 Å². The Hall–Kier alpha value is -4.24. The molecule has 2 aliphatic carbocycles. The molecule has 2 aromatic heterocycles. The van der Waals surface area contributed by atoms with E-state index in [0.29, 0.717) is 30.2 Å². The number of benzene rings is 2. The highest BCUT2D eigenvalue weighted by atomic mass is 16.3. The third kappa shape index (κ3) is 7.89. The highest BCUT2D eigenvalue weighted by Gasteiger charge is 2.40. The van der Waals surface area contributed by atoms with E-state index in [4.69, 9.17) is 0 Å². The van der Waals surface area contributed by atoms with Crippen LogP contribution in [0.25, 0.3) is 11.1 Å². The van der Waals surface area contributed by atoms with Crippen molar-refractivity contribution < 1.29 is 19.8 Å². The molecule has 0 spiro atoms. The number of anilines is 1. The fourth-order valence-corrected chi connectivity index (χ4v) is 6.32. The Kier molecular flexibility index (Phi) is 9.61. The molecular weight excluding hydrogens is 600 g/mol. The quantitative estimate of drug-likeness (QED) is 0.115. The van der Waals surface area contributed by atoms with Crippen LogP contribution >= 0.6 is 0 Å². The largest absolute Gasteiger partial charge is 0.390 e. The van der Waals surface area contributed by atoms with E-state index in [2.05, 4.69) is 20.6 Å². The molecule has 2 saturated carbocycles. The Bertz CT molecular complexity index is 1720. The first-order chi connectivity index (χ1) is 22.9. The molecule has 8 heteroatoms. The average Bonchev–Trinajstić information content (AvgIpc) is 3.99. The molecule has 4 N–H and O–H groups in total. The predicted octanol–water partition coefficient (Wildman–Crippen LogP) is 6.52. The van der Waals surface area contributed by atoms with Gasteiger partial charge in [0.2, 0.25) is 0 Å². The molecule has 0 bridgehead atoms. The maximum Gasteiger partial charge on any atom is 0.274 e. The van der Waals surface area contributed by atoms with Gasteiger partial charge in [-0.3, -0.25) is 19.6 Å². The molecule has 1 amide bonds. The van der Waals surface area contributed by atoms with Crippen LogP contribution in [0.15, 0.2) is 60.9 Å². The summed E-state index contributed by atoms with van der Waals surface area (Å²) in [6.07, 6.45) is 9.79. The number of hydrogen-bond donors (Lipinski definition) is 4. The summed E-state index contributed by atoms with van der Waals surface area (Å²) in [6, 6.07) is 15.5. The number of ketones is 1. The molecule has 0 atom stereocenters. The summed E-state index contributed by atoms with van der Waals surface area (Å²) < 4.78 is 0. The minimum absolute atomic E-state index is 0.0445. The first kappa shape index (κ1) is 33.7. The van der Waals surface area contributed by atoms with E-state index in [9.17, 15) is 19.8 Å². The van der Waals surface area contributed by atoms with Gasteiger partial charge in [0.15, 0.2) is 5.78 Å². The molecule has 6 rings (SSSR count). The number of Topliss-reactive ketones (excluding diaryl/α,β-unsaturated/α-hetero) is 1. The molecular formula is C40H46N4O4. The summed E-state index contributed by atoms with van der Waals surface area (Å²) in [4.78, 5) is 35.6. The lowest BCUT2D eigenvalue weighted by molar-refractivity contribution is 0.0986. The molecule has 0 aliphatic heterocycles. The summed E-state index contributed by atoms with van der Waals surface area (Å²) in [5.74, 6) is -0.310. The SMILES string of the molecule is Cc1cc(C(=O)Nc2cccc(-c3cccc(CC(=O)c4cc(C)c(CNCC5(O)CC5)cn4)c3C)c2C)ncc1CCCC1(O)CC1. The fraction of sp³-hybridized carbons (Fsp3) is 0.400. The zero-order chi connectivity index (χ0) is 34.1. The topological polar surface area (TPSA) is 124 Å². The summed E-state index contributed by atoms with van der Waals surface area (Å²) in [5, 5.41) is 26.5. The van der Waals surface area contributed by atoms with E-state index < -0.39 is 11.2 Å². The minimum atomic E-state index is -0.553. The predicted molar refractivity (Wildman–Crippen MR) is 188 cm³/mol. The maximum atomic E-state index is 13.4. The number of nitrogens with zero attached hydrogens (tertiary/aromatic N) is 2. The van der Waals surface area contributed by atoms with Crippen molar-refractivity contribution in [2.75, 3.05) is 11.9 Å². The Morgan fingerprint density at radius 1 is 0.771 bits per heavy atom. The number of rotatable bonds is 14. The number of pyridine rings is 2. The standard InChI is InChI=1S/C40H46N4O4/c1-25-19-36(43-22-30(25)9-7-13-39(47)14-15-39)38(46)44-34-12-6-11-33(28(34)4)32-10-5-8-29(27(32)3)20-37(45)35-18-26(2)31(23-42-35)21-41-24-40(48)16-17-40/h5-6,8,10-12,18-19,22-23,41,47-48H,7,9,13-17,20-21,24H2,1-4H3,(H,44,46).